The number of nitro benzene ring substituents is 1. The van der Waals surface area contributed by atoms with Crippen molar-refractivity contribution in [3.05, 3.63) is 82.9 Å². The van der Waals surface area contributed by atoms with Crippen LogP contribution in [-0.4, -0.2) is 23.3 Å². The first-order valence-corrected chi connectivity index (χ1v) is 9.73. The van der Waals surface area contributed by atoms with Gasteiger partial charge >= 0.3 is 0 Å². The Morgan fingerprint density at radius 3 is 2.50 bits per heavy atom. The van der Waals surface area contributed by atoms with Crippen molar-refractivity contribution in [3.63, 3.8) is 0 Å². The van der Waals surface area contributed by atoms with E-state index in [4.69, 9.17) is 0 Å². The van der Waals surface area contributed by atoms with E-state index in [-0.39, 0.29) is 16.3 Å². The van der Waals surface area contributed by atoms with Crippen LogP contribution in [0.15, 0.2) is 77.7 Å². The van der Waals surface area contributed by atoms with E-state index in [1.165, 1.54) is 36.4 Å². The number of imidazole rings is 1. The van der Waals surface area contributed by atoms with E-state index >= 15 is 0 Å². The quantitative estimate of drug-likeness (QED) is 0.393. The predicted molar refractivity (Wildman–Crippen MR) is 105 cm³/mol. The number of fused-ring (bicyclic) bond motifs is 1. The first kappa shape index (κ1) is 17.7. The Balaban J connectivity index is 1.68. The molecule has 0 aliphatic carbocycles. The molecule has 0 fully saturated rings. The molecule has 0 aliphatic heterocycles. The van der Waals surface area contributed by atoms with Crippen molar-refractivity contribution in [3.8, 4) is 11.4 Å². The van der Waals surface area contributed by atoms with Gasteiger partial charge in [-0.25, -0.2) is 13.4 Å². The van der Waals surface area contributed by atoms with Crippen LogP contribution in [0.1, 0.15) is 0 Å². The van der Waals surface area contributed by atoms with Gasteiger partial charge in [0, 0.05) is 17.7 Å². The van der Waals surface area contributed by atoms with Crippen molar-refractivity contribution >= 4 is 32.4 Å². The number of non-ortho nitro benzene ring substituents is 1. The number of hydrogen-bond acceptors (Lipinski definition) is 5. The summed E-state index contributed by atoms with van der Waals surface area (Å²) in [5.74, 6) is 0.636. The zero-order valence-electron chi connectivity index (χ0n) is 14.4. The lowest BCUT2D eigenvalue weighted by molar-refractivity contribution is -0.384. The van der Waals surface area contributed by atoms with Gasteiger partial charge in [-0.05, 0) is 24.3 Å². The van der Waals surface area contributed by atoms with Crippen LogP contribution in [0.2, 0.25) is 0 Å². The van der Waals surface area contributed by atoms with Gasteiger partial charge < -0.3 is 4.98 Å². The van der Waals surface area contributed by atoms with Gasteiger partial charge in [-0.15, -0.1) is 0 Å². The van der Waals surface area contributed by atoms with E-state index in [1.54, 1.807) is 6.07 Å². The van der Waals surface area contributed by atoms with Crippen LogP contribution in [-0.2, 0) is 10.0 Å². The summed E-state index contributed by atoms with van der Waals surface area (Å²) in [4.78, 5) is 17.9. The number of nitrogens with one attached hydrogen (secondary N) is 2. The molecule has 0 amide bonds. The van der Waals surface area contributed by atoms with Crippen LogP contribution in [0.25, 0.3) is 22.4 Å². The smallest absolute Gasteiger partial charge is 0.271 e. The normalized spacial score (nSPS) is 11.4. The van der Waals surface area contributed by atoms with Crippen molar-refractivity contribution < 1.29 is 13.3 Å². The Labute approximate surface area is 160 Å². The van der Waals surface area contributed by atoms with Crippen LogP contribution in [0.5, 0.6) is 0 Å². The number of nitro groups is 1. The van der Waals surface area contributed by atoms with Gasteiger partial charge in [-0.3, -0.25) is 14.8 Å². The molecule has 1 aromatic heterocycles. The maximum Gasteiger partial charge on any atom is 0.271 e. The van der Waals surface area contributed by atoms with E-state index in [0.29, 0.717) is 16.9 Å². The summed E-state index contributed by atoms with van der Waals surface area (Å²) in [7, 11) is -3.92. The van der Waals surface area contributed by atoms with E-state index in [0.717, 1.165) is 5.56 Å². The first-order chi connectivity index (χ1) is 13.4. The fourth-order valence-electron chi connectivity index (χ4n) is 2.79. The standard InChI is InChI=1S/C19H14N4O4S/c24-23(25)15-8-4-7-14(11-15)22-28(26,27)16-9-10-17-18(12-16)21-19(20-17)13-5-2-1-3-6-13/h1-12,22H,(H,20,21). The molecular formula is C19H14N4O4S. The van der Waals surface area contributed by atoms with Crippen LogP contribution in [0.4, 0.5) is 11.4 Å². The topological polar surface area (TPSA) is 118 Å². The van der Waals surface area contributed by atoms with Gasteiger partial charge in [0.2, 0.25) is 0 Å². The number of H-pyrrole nitrogens is 1. The first-order valence-electron chi connectivity index (χ1n) is 8.25. The lowest BCUT2D eigenvalue weighted by Crippen LogP contribution is -2.13. The Bertz CT molecular complexity index is 1280. The predicted octanol–water partition coefficient (Wildman–Crippen LogP) is 3.94. The molecule has 2 N–H and O–H groups in total. The number of benzene rings is 3. The highest BCUT2D eigenvalue weighted by molar-refractivity contribution is 7.92. The van der Waals surface area contributed by atoms with Crippen molar-refractivity contribution in [2.24, 2.45) is 0 Å². The van der Waals surface area contributed by atoms with Crippen LogP contribution >= 0.6 is 0 Å². The third kappa shape index (κ3) is 3.42. The zero-order chi connectivity index (χ0) is 19.7. The molecule has 28 heavy (non-hydrogen) atoms. The van der Waals surface area contributed by atoms with Gasteiger partial charge in [0.05, 0.1) is 26.5 Å². The van der Waals surface area contributed by atoms with Gasteiger partial charge in [0.1, 0.15) is 5.82 Å². The SMILES string of the molecule is O=[N+]([O-])c1cccc(NS(=O)(=O)c2ccc3nc(-c4ccccc4)[nH]c3c2)c1. The van der Waals surface area contributed by atoms with Crippen LogP contribution in [0, 0.1) is 10.1 Å². The van der Waals surface area contributed by atoms with Crippen LogP contribution < -0.4 is 4.72 Å². The number of sulfonamides is 1. The molecular weight excluding hydrogens is 380 g/mol. The van der Waals surface area contributed by atoms with Gasteiger partial charge in [-0.1, -0.05) is 36.4 Å². The van der Waals surface area contributed by atoms with Crippen molar-refractivity contribution in [2.75, 3.05) is 4.72 Å². The lowest BCUT2D eigenvalue weighted by Gasteiger charge is -2.08. The number of rotatable bonds is 5. The summed E-state index contributed by atoms with van der Waals surface area (Å²) in [6, 6.07) is 19.3. The molecule has 0 atom stereocenters. The molecule has 3 aromatic carbocycles. The van der Waals surface area contributed by atoms with E-state index < -0.39 is 14.9 Å². The molecule has 0 spiro atoms. The number of nitrogens with zero attached hydrogens (tertiary/aromatic N) is 2. The molecule has 4 rings (SSSR count). The maximum atomic E-state index is 12.7. The third-order valence-corrected chi connectivity index (χ3v) is 5.50. The molecule has 0 unspecified atom stereocenters. The Morgan fingerprint density at radius 1 is 0.964 bits per heavy atom. The second kappa shape index (κ2) is 6.78. The van der Waals surface area contributed by atoms with Crippen molar-refractivity contribution in [1.29, 1.82) is 0 Å². The Kier molecular flexibility index (Phi) is 4.28. The molecule has 0 saturated carbocycles. The second-order valence-electron chi connectivity index (χ2n) is 6.04. The zero-order valence-corrected chi connectivity index (χ0v) is 15.2. The van der Waals surface area contributed by atoms with Crippen molar-refractivity contribution in [2.45, 2.75) is 4.90 Å². The monoisotopic (exact) mass is 394 g/mol. The summed E-state index contributed by atoms with van der Waals surface area (Å²) in [6.07, 6.45) is 0. The summed E-state index contributed by atoms with van der Waals surface area (Å²) in [5.41, 5.74) is 2.01. The minimum Gasteiger partial charge on any atom is -0.338 e. The Hall–Kier alpha value is -3.72. The molecule has 0 radical (unpaired) electrons. The highest BCUT2D eigenvalue weighted by atomic mass is 32.2. The second-order valence-corrected chi connectivity index (χ2v) is 7.73. The van der Waals surface area contributed by atoms with Gasteiger partial charge in [0.25, 0.3) is 15.7 Å². The van der Waals surface area contributed by atoms with E-state index in [9.17, 15) is 18.5 Å². The summed E-state index contributed by atoms with van der Waals surface area (Å²) in [5, 5.41) is 10.9. The van der Waals surface area contributed by atoms with E-state index in [1.807, 2.05) is 30.3 Å². The Morgan fingerprint density at radius 2 is 1.75 bits per heavy atom. The third-order valence-electron chi connectivity index (χ3n) is 4.12. The maximum absolute atomic E-state index is 12.7. The summed E-state index contributed by atoms with van der Waals surface area (Å²) in [6.45, 7) is 0. The number of anilines is 1. The van der Waals surface area contributed by atoms with E-state index in [2.05, 4.69) is 14.7 Å². The minimum absolute atomic E-state index is 0.0229. The fraction of sp³-hybridized carbons (Fsp3) is 0. The van der Waals surface area contributed by atoms with Gasteiger partial charge in [0.15, 0.2) is 0 Å². The number of aromatic amines is 1. The average Bonchev–Trinajstić information content (AvgIpc) is 3.12. The van der Waals surface area contributed by atoms with Crippen LogP contribution in [0.3, 0.4) is 0 Å². The molecule has 8 nitrogen and oxygen atoms in total. The average molecular weight is 394 g/mol. The molecule has 4 aromatic rings. The molecule has 140 valence electrons. The van der Waals surface area contributed by atoms with Crippen molar-refractivity contribution in [1.82, 2.24) is 9.97 Å². The number of hydrogen-bond donors (Lipinski definition) is 2. The largest absolute Gasteiger partial charge is 0.338 e. The minimum atomic E-state index is -3.92. The highest BCUT2D eigenvalue weighted by Gasteiger charge is 2.17. The van der Waals surface area contributed by atoms with Gasteiger partial charge in [-0.2, -0.15) is 0 Å². The number of aromatic nitrogens is 2. The fourth-order valence-corrected chi connectivity index (χ4v) is 3.86. The molecule has 1 heterocycles. The molecule has 0 aliphatic rings. The highest BCUT2D eigenvalue weighted by Crippen LogP contribution is 2.25. The molecule has 9 heteroatoms. The molecule has 0 bridgehead atoms. The summed E-state index contributed by atoms with van der Waals surface area (Å²) >= 11 is 0. The summed E-state index contributed by atoms with van der Waals surface area (Å²) < 4.78 is 27.7. The lowest BCUT2D eigenvalue weighted by atomic mass is 10.2. The molecule has 0 saturated heterocycles.